The number of halogens is 4. The molecule has 4 rings (SSSR count). The molecule has 0 radical (unpaired) electrons. The van der Waals surface area contributed by atoms with Gasteiger partial charge in [-0.3, -0.25) is 14.5 Å². The maximum absolute atomic E-state index is 13.3. The van der Waals surface area contributed by atoms with E-state index in [0.29, 0.717) is 27.0 Å². The van der Waals surface area contributed by atoms with Gasteiger partial charge < -0.3 is 10.1 Å². The van der Waals surface area contributed by atoms with E-state index in [0.717, 1.165) is 17.3 Å². The predicted molar refractivity (Wildman–Crippen MR) is 145 cm³/mol. The fourth-order valence-corrected chi connectivity index (χ4v) is 4.60. The molecule has 0 atom stereocenters. The molecule has 2 amide bonds. The number of nitrogens with one attached hydrogen (secondary N) is 1. The number of aliphatic imine (C=N–C) groups is 1. The maximum Gasteiger partial charge on any atom is 0.387 e. The van der Waals surface area contributed by atoms with E-state index in [9.17, 15) is 18.4 Å². The van der Waals surface area contributed by atoms with E-state index >= 15 is 0 Å². The van der Waals surface area contributed by atoms with Gasteiger partial charge in [0.1, 0.15) is 11.4 Å². The van der Waals surface area contributed by atoms with Crippen molar-refractivity contribution in [1.29, 1.82) is 0 Å². The molecular formula is C26H19Cl2F2N3O3S. The summed E-state index contributed by atoms with van der Waals surface area (Å²) in [6, 6.07) is 17.7. The van der Waals surface area contributed by atoms with Crippen LogP contribution in [0, 0.1) is 6.92 Å². The lowest BCUT2D eigenvalue weighted by atomic mass is 10.2. The predicted octanol–water partition coefficient (Wildman–Crippen LogP) is 7.02. The van der Waals surface area contributed by atoms with Crippen molar-refractivity contribution in [2.24, 2.45) is 4.99 Å². The van der Waals surface area contributed by atoms with Crippen LogP contribution < -0.4 is 15.0 Å². The minimum Gasteiger partial charge on any atom is -0.435 e. The largest absolute Gasteiger partial charge is 0.435 e. The average molecular weight is 562 g/mol. The molecule has 0 aromatic heterocycles. The quantitative estimate of drug-likeness (QED) is 0.314. The van der Waals surface area contributed by atoms with Crippen molar-refractivity contribution in [2.45, 2.75) is 13.5 Å². The molecule has 3 aromatic rings. The highest BCUT2D eigenvalue weighted by atomic mass is 35.5. The second kappa shape index (κ2) is 11.8. The van der Waals surface area contributed by atoms with Crippen LogP contribution in [0.1, 0.15) is 11.1 Å². The SMILES string of the molecule is Cc1ccc(NC(=O)CSC2=N/C(=C/c3ccc(Cl)cc3Cl)C(=O)N2c2ccc(OC(F)F)cc2)cc1. The fraction of sp³-hybridized carbons (Fsp3) is 0.115. The van der Waals surface area contributed by atoms with Crippen LogP contribution in [0.3, 0.4) is 0 Å². The van der Waals surface area contributed by atoms with Gasteiger partial charge in [0.15, 0.2) is 5.17 Å². The molecule has 1 heterocycles. The van der Waals surface area contributed by atoms with Gasteiger partial charge in [0.05, 0.1) is 11.4 Å². The second-order valence-corrected chi connectivity index (χ2v) is 9.59. The van der Waals surface area contributed by atoms with E-state index in [1.807, 2.05) is 19.1 Å². The number of amides is 2. The summed E-state index contributed by atoms with van der Waals surface area (Å²) < 4.78 is 29.5. The van der Waals surface area contributed by atoms with Crippen LogP contribution in [0.25, 0.3) is 6.08 Å². The van der Waals surface area contributed by atoms with Crippen molar-refractivity contribution in [1.82, 2.24) is 0 Å². The number of amidine groups is 1. The number of hydrogen-bond acceptors (Lipinski definition) is 5. The number of anilines is 2. The minimum absolute atomic E-state index is 0.0297. The first kappa shape index (κ1) is 26.7. The molecule has 1 N–H and O–H groups in total. The number of nitrogens with zero attached hydrogens (tertiary/aromatic N) is 2. The monoisotopic (exact) mass is 561 g/mol. The molecule has 190 valence electrons. The Morgan fingerprint density at radius 2 is 1.81 bits per heavy atom. The normalized spacial score (nSPS) is 14.3. The summed E-state index contributed by atoms with van der Waals surface area (Å²) in [5, 5.41) is 3.81. The topological polar surface area (TPSA) is 71.0 Å². The smallest absolute Gasteiger partial charge is 0.387 e. The molecule has 0 aliphatic carbocycles. The van der Waals surface area contributed by atoms with Gasteiger partial charge in [-0.1, -0.05) is 58.7 Å². The number of carbonyl (C=O) groups excluding carboxylic acids is 2. The highest BCUT2D eigenvalue weighted by Gasteiger charge is 2.32. The first-order chi connectivity index (χ1) is 17.7. The van der Waals surface area contributed by atoms with Crippen molar-refractivity contribution in [2.75, 3.05) is 16.0 Å². The number of hydrogen-bond donors (Lipinski definition) is 1. The van der Waals surface area contributed by atoms with Crippen LogP contribution in [0.4, 0.5) is 20.2 Å². The van der Waals surface area contributed by atoms with Crippen LogP contribution in [0.5, 0.6) is 5.75 Å². The summed E-state index contributed by atoms with van der Waals surface area (Å²) in [5.74, 6) is -0.853. The Morgan fingerprint density at radius 1 is 1.11 bits per heavy atom. The number of carbonyl (C=O) groups is 2. The van der Waals surface area contributed by atoms with E-state index in [4.69, 9.17) is 23.2 Å². The molecule has 1 aliphatic heterocycles. The third kappa shape index (κ3) is 6.88. The van der Waals surface area contributed by atoms with E-state index in [1.54, 1.807) is 30.3 Å². The van der Waals surface area contributed by atoms with Gasteiger partial charge in [-0.2, -0.15) is 8.78 Å². The van der Waals surface area contributed by atoms with Crippen molar-refractivity contribution in [3.05, 3.63) is 93.6 Å². The van der Waals surface area contributed by atoms with Crippen molar-refractivity contribution < 1.29 is 23.1 Å². The second-order valence-electron chi connectivity index (χ2n) is 7.81. The lowest BCUT2D eigenvalue weighted by Gasteiger charge is -2.18. The average Bonchev–Trinajstić information content (AvgIpc) is 3.16. The number of benzene rings is 3. The van der Waals surface area contributed by atoms with Gasteiger partial charge in [0, 0.05) is 15.7 Å². The van der Waals surface area contributed by atoms with Crippen LogP contribution in [0.15, 0.2) is 77.4 Å². The lowest BCUT2D eigenvalue weighted by molar-refractivity contribution is -0.114. The van der Waals surface area contributed by atoms with Gasteiger partial charge in [0.2, 0.25) is 5.91 Å². The highest BCUT2D eigenvalue weighted by Crippen LogP contribution is 2.32. The Kier molecular flexibility index (Phi) is 8.48. The summed E-state index contributed by atoms with van der Waals surface area (Å²) in [5.41, 5.74) is 2.68. The summed E-state index contributed by atoms with van der Waals surface area (Å²) >= 11 is 13.3. The summed E-state index contributed by atoms with van der Waals surface area (Å²) in [7, 11) is 0. The van der Waals surface area contributed by atoms with Crippen LogP contribution in [-0.2, 0) is 9.59 Å². The molecule has 0 unspecified atom stereocenters. The zero-order chi connectivity index (χ0) is 26.5. The van der Waals surface area contributed by atoms with E-state index in [-0.39, 0.29) is 28.3 Å². The summed E-state index contributed by atoms with van der Waals surface area (Å²) in [4.78, 5) is 31.6. The van der Waals surface area contributed by atoms with Crippen LogP contribution in [0.2, 0.25) is 10.0 Å². The van der Waals surface area contributed by atoms with Gasteiger partial charge in [-0.15, -0.1) is 0 Å². The fourth-order valence-electron chi connectivity index (χ4n) is 3.33. The molecule has 0 spiro atoms. The van der Waals surface area contributed by atoms with Gasteiger partial charge in [0.25, 0.3) is 5.91 Å². The van der Waals surface area contributed by atoms with Gasteiger partial charge in [-0.05, 0) is 67.1 Å². The lowest BCUT2D eigenvalue weighted by Crippen LogP contribution is -2.31. The minimum atomic E-state index is -2.97. The third-order valence-corrected chi connectivity index (χ3v) is 6.57. The Morgan fingerprint density at radius 3 is 2.46 bits per heavy atom. The van der Waals surface area contributed by atoms with Crippen LogP contribution in [-0.4, -0.2) is 29.3 Å². The molecule has 0 saturated heterocycles. The first-order valence-corrected chi connectivity index (χ1v) is 12.6. The number of rotatable bonds is 7. The molecule has 37 heavy (non-hydrogen) atoms. The standard InChI is InChI=1S/C26H19Cl2F2N3O3S/c1-15-2-6-18(7-3-15)31-23(34)14-37-26-32-22(12-16-4-5-17(27)13-21(16)28)24(35)33(26)19-8-10-20(11-9-19)36-25(29)30/h2-13,25H,14H2,1H3,(H,31,34)/b22-12+. The molecule has 0 saturated carbocycles. The van der Waals surface area contributed by atoms with Gasteiger partial charge >= 0.3 is 6.61 Å². The molecule has 11 heteroatoms. The Hall–Kier alpha value is -3.40. The molecule has 0 fully saturated rings. The Labute approximate surface area is 225 Å². The molecule has 0 bridgehead atoms. The van der Waals surface area contributed by atoms with Gasteiger partial charge in [-0.25, -0.2) is 4.99 Å². The number of thioether (sulfide) groups is 1. The Bertz CT molecular complexity index is 1380. The zero-order valence-corrected chi connectivity index (χ0v) is 21.6. The van der Waals surface area contributed by atoms with E-state index in [1.165, 1.54) is 35.2 Å². The first-order valence-electron chi connectivity index (χ1n) is 10.8. The number of alkyl halides is 2. The molecule has 6 nitrogen and oxygen atoms in total. The Balaban J connectivity index is 1.59. The number of ether oxygens (including phenoxy) is 1. The van der Waals surface area contributed by atoms with Crippen molar-refractivity contribution in [3.8, 4) is 5.75 Å². The third-order valence-electron chi connectivity index (χ3n) is 5.07. The molecule has 3 aromatic carbocycles. The van der Waals surface area contributed by atoms with Crippen molar-refractivity contribution >= 4 is 69.4 Å². The highest BCUT2D eigenvalue weighted by molar-refractivity contribution is 8.14. The summed E-state index contributed by atoms with van der Waals surface area (Å²) in [6.07, 6.45) is 1.52. The zero-order valence-electron chi connectivity index (χ0n) is 19.3. The molecular weight excluding hydrogens is 543 g/mol. The summed E-state index contributed by atoms with van der Waals surface area (Å²) in [6.45, 7) is -1.03. The van der Waals surface area contributed by atoms with Crippen molar-refractivity contribution in [3.63, 3.8) is 0 Å². The molecule has 1 aliphatic rings. The van der Waals surface area contributed by atoms with E-state index < -0.39 is 12.5 Å². The van der Waals surface area contributed by atoms with E-state index in [2.05, 4.69) is 15.0 Å². The maximum atomic E-state index is 13.3. The van der Waals surface area contributed by atoms with Crippen LogP contribution >= 0.6 is 35.0 Å². The number of aryl methyl sites for hydroxylation is 1.